The lowest BCUT2D eigenvalue weighted by atomic mass is 10.1. The SMILES string of the molecule is CCOc1cc(Cl)c(/C=C(/C#N)C(=O)N[C@H](C)c2ccccc2)cc1OC. The molecule has 0 saturated carbocycles. The van der Waals surface area contributed by atoms with Crippen molar-refractivity contribution >= 4 is 23.6 Å². The van der Waals surface area contributed by atoms with Crippen molar-refractivity contribution in [3.8, 4) is 17.6 Å². The first-order chi connectivity index (χ1) is 13.0. The van der Waals surface area contributed by atoms with Crippen LogP contribution in [0.5, 0.6) is 11.5 Å². The maximum absolute atomic E-state index is 12.5. The molecule has 5 nitrogen and oxygen atoms in total. The van der Waals surface area contributed by atoms with Gasteiger partial charge in [-0.15, -0.1) is 0 Å². The van der Waals surface area contributed by atoms with Crippen LogP contribution in [0.4, 0.5) is 0 Å². The Morgan fingerprint density at radius 1 is 1.30 bits per heavy atom. The van der Waals surface area contributed by atoms with Gasteiger partial charge in [0.1, 0.15) is 11.6 Å². The number of nitriles is 1. The zero-order chi connectivity index (χ0) is 19.8. The lowest BCUT2D eigenvalue weighted by Gasteiger charge is -2.14. The Kier molecular flexibility index (Phi) is 7.27. The zero-order valence-electron chi connectivity index (χ0n) is 15.5. The van der Waals surface area contributed by atoms with Crippen LogP contribution in [-0.2, 0) is 4.79 Å². The second-order valence-electron chi connectivity index (χ2n) is 5.73. The predicted octanol–water partition coefficient (Wildman–Crippen LogP) is 4.53. The fourth-order valence-corrected chi connectivity index (χ4v) is 2.70. The summed E-state index contributed by atoms with van der Waals surface area (Å²) in [6, 6.07) is 14.5. The number of nitrogens with one attached hydrogen (secondary N) is 1. The molecule has 2 rings (SSSR count). The molecule has 140 valence electrons. The summed E-state index contributed by atoms with van der Waals surface area (Å²) in [5.74, 6) is 0.503. The van der Waals surface area contributed by atoms with E-state index in [0.717, 1.165) is 5.56 Å². The van der Waals surface area contributed by atoms with Gasteiger partial charge in [0, 0.05) is 6.07 Å². The number of nitrogens with zero attached hydrogens (tertiary/aromatic N) is 1. The summed E-state index contributed by atoms with van der Waals surface area (Å²) in [5, 5.41) is 12.6. The van der Waals surface area contributed by atoms with Crippen molar-refractivity contribution in [3.63, 3.8) is 0 Å². The molecule has 0 aliphatic heterocycles. The number of methoxy groups -OCH3 is 1. The molecular weight excluding hydrogens is 364 g/mol. The number of halogens is 1. The molecule has 0 fully saturated rings. The molecule has 1 amide bonds. The third-order valence-electron chi connectivity index (χ3n) is 3.89. The maximum Gasteiger partial charge on any atom is 0.262 e. The van der Waals surface area contributed by atoms with E-state index in [1.807, 2.05) is 50.2 Å². The van der Waals surface area contributed by atoms with E-state index in [1.165, 1.54) is 13.2 Å². The first kappa shape index (κ1) is 20.3. The van der Waals surface area contributed by atoms with Crippen molar-refractivity contribution in [1.82, 2.24) is 5.32 Å². The Morgan fingerprint density at radius 3 is 2.59 bits per heavy atom. The monoisotopic (exact) mass is 384 g/mol. The normalized spacial score (nSPS) is 12.0. The first-order valence-corrected chi connectivity index (χ1v) is 8.85. The number of hydrogen-bond acceptors (Lipinski definition) is 4. The maximum atomic E-state index is 12.5. The number of amides is 1. The van der Waals surface area contributed by atoms with E-state index in [2.05, 4.69) is 5.32 Å². The number of rotatable bonds is 7. The van der Waals surface area contributed by atoms with Crippen LogP contribution < -0.4 is 14.8 Å². The number of hydrogen-bond donors (Lipinski definition) is 1. The van der Waals surface area contributed by atoms with Gasteiger partial charge in [0.05, 0.1) is 24.8 Å². The van der Waals surface area contributed by atoms with Crippen LogP contribution in [-0.4, -0.2) is 19.6 Å². The predicted molar refractivity (Wildman–Crippen MR) is 106 cm³/mol. The van der Waals surface area contributed by atoms with Crippen LogP contribution in [0.2, 0.25) is 5.02 Å². The second kappa shape index (κ2) is 9.65. The number of carbonyl (C=O) groups is 1. The Morgan fingerprint density at radius 2 is 2.00 bits per heavy atom. The topological polar surface area (TPSA) is 71.3 Å². The van der Waals surface area contributed by atoms with Crippen LogP contribution in [0.3, 0.4) is 0 Å². The van der Waals surface area contributed by atoms with Crippen molar-refractivity contribution in [1.29, 1.82) is 5.26 Å². The third-order valence-corrected chi connectivity index (χ3v) is 4.22. The van der Waals surface area contributed by atoms with Gasteiger partial charge in [0.15, 0.2) is 11.5 Å². The molecule has 0 aliphatic rings. The molecule has 1 atom stereocenters. The van der Waals surface area contributed by atoms with E-state index in [4.69, 9.17) is 21.1 Å². The quantitative estimate of drug-likeness (QED) is 0.562. The first-order valence-electron chi connectivity index (χ1n) is 8.48. The van der Waals surface area contributed by atoms with E-state index in [1.54, 1.807) is 12.1 Å². The standard InChI is InChI=1S/C21H21ClN2O3/c1-4-27-20-12-18(22)16(11-19(20)26-3)10-17(13-23)21(25)24-14(2)15-8-6-5-7-9-15/h5-12,14H,4H2,1-3H3,(H,24,25)/b17-10-/t14-/m1/s1. The molecule has 1 N–H and O–H groups in total. The van der Waals surface area contributed by atoms with Gasteiger partial charge in [-0.1, -0.05) is 41.9 Å². The van der Waals surface area contributed by atoms with E-state index < -0.39 is 5.91 Å². The summed E-state index contributed by atoms with van der Waals surface area (Å²) >= 11 is 6.28. The molecule has 0 aromatic heterocycles. The summed E-state index contributed by atoms with van der Waals surface area (Å²) in [7, 11) is 1.51. The van der Waals surface area contributed by atoms with Gasteiger partial charge in [-0.3, -0.25) is 4.79 Å². The van der Waals surface area contributed by atoms with Gasteiger partial charge in [-0.05, 0) is 37.1 Å². The molecule has 2 aromatic rings. The minimum atomic E-state index is -0.474. The smallest absolute Gasteiger partial charge is 0.262 e. The van der Waals surface area contributed by atoms with E-state index >= 15 is 0 Å². The number of ether oxygens (including phenoxy) is 2. The Balaban J connectivity index is 2.27. The number of carbonyl (C=O) groups excluding carboxylic acids is 1. The van der Waals surface area contributed by atoms with Crippen LogP contribution in [0.25, 0.3) is 6.08 Å². The van der Waals surface area contributed by atoms with Gasteiger partial charge in [0.25, 0.3) is 5.91 Å². The second-order valence-corrected chi connectivity index (χ2v) is 6.14. The highest BCUT2D eigenvalue weighted by atomic mass is 35.5. The molecule has 0 unspecified atom stereocenters. The molecule has 27 heavy (non-hydrogen) atoms. The molecule has 0 saturated heterocycles. The molecule has 0 radical (unpaired) electrons. The Labute approximate surface area is 164 Å². The van der Waals surface area contributed by atoms with Crippen LogP contribution >= 0.6 is 11.6 Å². The summed E-state index contributed by atoms with van der Waals surface area (Å²) < 4.78 is 10.8. The molecule has 0 spiro atoms. The molecule has 2 aromatic carbocycles. The van der Waals surface area contributed by atoms with Gasteiger partial charge in [0.2, 0.25) is 0 Å². The Bertz CT molecular complexity index is 873. The third kappa shape index (κ3) is 5.25. The highest BCUT2D eigenvalue weighted by Gasteiger charge is 2.16. The largest absolute Gasteiger partial charge is 0.493 e. The van der Waals surface area contributed by atoms with Gasteiger partial charge >= 0.3 is 0 Å². The summed E-state index contributed by atoms with van der Waals surface area (Å²) in [6.45, 7) is 4.17. The van der Waals surface area contributed by atoms with Crippen molar-refractivity contribution in [2.24, 2.45) is 0 Å². The highest BCUT2D eigenvalue weighted by molar-refractivity contribution is 6.32. The molecular formula is C21H21ClN2O3. The van der Waals surface area contributed by atoms with Crippen molar-refractivity contribution in [2.45, 2.75) is 19.9 Å². The summed E-state index contributed by atoms with van der Waals surface area (Å²) in [4.78, 5) is 12.5. The lowest BCUT2D eigenvalue weighted by Crippen LogP contribution is -2.27. The van der Waals surface area contributed by atoms with E-state index in [0.29, 0.717) is 28.7 Å². The van der Waals surface area contributed by atoms with E-state index in [-0.39, 0.29) is 11.6 Å². The summed E-state index contributed by atoms with van der Waals surface area (Å²) in [5.41, 5.74) is 1.39. The summed E-state index contributed by atoms with van der Waals surface area (Å²) in [6.07, 6.45) is 1.44. The van der Waals surface area contributed by atoms with Crippen molar-refractivity contribution < 1.29 is 14.3 Å². The average Bonchev–Trinajstić information content (AvgIpc) is 2.68. The molecule has 0 aliphatic carbocycles. The van der Waals surface area contributed by atoms with Gasteiger partial charge < -0.3 is 14.8 Å². The van der Waals surface area contributed by atoms with Crippen LogP contribution in [0.15, 0.2) is 48.0 Å². The highest BCUT2D eigenvalue weighted by Crippen LogP contribution is 2.34. The number of benzene rings is 2. The van der Waals surface area contributed by atoms with Gasteiger partial charge in [-0.2, -0.15) is 5.26 Å². The molecule has 0 bridgehead atoms. The van der Waals surface area contributed by atoms with Crippen molar-refractivity contribution in [3.05, 3.63) is 64.2 Å². The van der Waals surface area contributed by atoms with Crippen LogP contribution in [0.1, 0.15) is 31.0 Å². The zero-order valence-corrected chi connectivity index (χ0v) is 16.2. The molecule has 6 heteroatoms. The Hall–Kier alpha value is -2.97. The lowest BCUT2D eigenvalue weighted by molar-refractivity contribution is -0.117. The van der Waals surface area contributed by atoms with Gasteiger partial charge in [-0.25, -0.2) is 0 Å². The van der Waals surface area contributed by atoms with E-state index in [9.17, 15) is 10.1 Å². The fraction of sp³-hybridized carbons (Fsp3) is 0.238. The fourth-order valence-electron chi connectivity index (χ4n) is 2.49. The van der Waals surface area contributed by atoms with Crippen molar-refractivity contribution in [2.75, 3.05) is 13.7 Å². The average molecular weight is 385 g/mol. The minimum Gasteiger partial charge on any atom is -0.493 e. The molecule has 0 heterocycles. The van der Waals surface area contributed by atoms with Crippen LogP contribution in [0, 0.1) is 11.3 Å². The minimum absolute atomic E-state index is 0.0501.